The third-order valence-corrected chi connectivity index (χ3v) is 3.45. The minimum Gasteiger partial charge on any atom is -0.399 e. The van der Waals surface area contributed by atoms with Crippen LogP contribution in [0.4, 0.5) is 18.9 Å². The van der Waals surface area contributed by atoms with Gasteiger partial charge in [-0.25, -0.2) is 4.98 Å². The molecule has 2 N–H and O–H groups in total. The summed E-state index contributed by atoms with van der Waals surface area (Å²) in [5.74, 6) is 0.339. The van der Waals surface area contributed by atoms with E-state index in [1.54, 1.807) is 24.3 Å². The van der Waals surface area contributed by atoms with Crippen molar-refractivity contribution in [2.45, 2.75) is 6.18 Å². The van der Waals surface area contributed by atoms with E-state index in [0.717, 1.165) is 4.68 Å². The average Bonchev–Trinajstić information content (AvgIpc) is 3.07. The Balaban J connectivity index is 1.93. The highest BCUT2D eigenvalue weighted by molar-refractivity contribution is 7.13. The minimum absolute atomic E-state index is 0.00928. The van der Waals surface area contributed by atoms with Gasteiger partial charge in [0.2, 0.25) is 10.1 Å². The van der Waals surface area contributed by atoms with Gasteiger partial charge in [-0.15, -0.1) is 15.3 Å². The van der Waals surface area contributed by atoms with Crippen LogP contribution in [0.5, 0.6) is 0 Å². The molecular weight excluding hydrogens is 305 g/mol. The zero-order chi connectivity index (χ0) is 15.0. The van der Waals surface area contributed by atoms with Crippen molar-refractivity contribution in [1.29, 1.82) is 0 Å². The fourth-order valence-corrected chi connectivity index (χ4v) is 2.22. The monoisotopic (exact) mass is 312 g/mol. The number of halogens is 3. The lowest BCUT2D eigenvalue weighted by molar-refractivity contribution is -0.138. The van der Waals surface area contributed by atoms with Crippen LogP contribution in [-0.2, 0) is 6.18 Å². The molecule has 0 aliphatic rings. The van der Waals surface area contributed by atoms with Gasteiger partial charge in [-0.2, -0.15) is 17.9 Å². The molecule has 1 aromatic carbocycles. The smallest absolute Gasteiger partial charge is 0.399 e. The number of hydrogen-bond acceptors (Lipinski definition) is 6. The van der Waals surface area contributed by atoms with E-state index in [0.29, 0.717) is 28.4 Å². The van der Waals surface area contributed by atoms with Crippen molar-refractivity contribution in [2.24, 2.45) is 0 Å². The number of alkyl halides is 3. The molecule has 0 saturated heterocycles. The van der Waals surface area contributed by atoms with E-state index in [-0.39, 0.29) is 5.13 Å². The van der Waals surface area contributed by atoms with Crippen LogP contribution in [0.25, 0.3) is 16.5 Å². The number of nitrogens with two attached hydrogens (primary N) is 1. The van der Waals surface area contributed by atoms with Gasteiger partial charge < -0.3 is 5.73 Å². The molecule has 21 heavy (non-hydrogen) atoms. The fraction of sp³-hybridized carbons (Fsp3) is 0.0909. The van der Waals surface area contributed by atoms with Gasteiger partial charge >= 0.3 is 6.18 Å². The normalized spacial score (nSPS) is 11.8. The summed E-state index contributed by atoms with van der Waals surface area (Å²) in [6, 6.07) is 6.86. The third kappa shape index (κ3) is 2.70. The third-order valence-electron chi connectivity index (χ3n) is 2.49. The summed E-state index contributed by atoms with van der Waals surface area (Å²) >= 11 is 0.393. The van der Waals surface area contributed by atoms with Crippen LogP contribution in [-0.4, -0.2) is 25.0 Å². The number of hydrogen-bond donors (Lipinski definition) is 1. The van der Waals surface area contributed by atoms with Crippen LogP contribution in [0.1, 0.15) is 5.01 Å². The van der Waals surface area contributed by atoms with Crippen LogP contribution < -0.4 is 5.73 Å². The second-order valence-corrected chi connectivity index (χ2v) is 4.98. The molecule has 0 spiro atoms. The largest absolute Gasteiger partial charge is 0.445 e. The van der Waals surface area contributed by atoms with Crippen molar-refractivity contribution in [3.63, 3.8) is 0 Å². The first-order valence-electron chi connectivity index (χ1n) is 5.62. The lowest BCUT2D eigenvalue weighted by atomic mass is 10.2. The Labute approximate surface area is 120 Å². The summed E-state index contributed by atoms with van der Waals surface area (Å²) in [6.45, 7) is 0. The van der Waals surface area contributed by atoms with Gasteiger partial charge in [0.1, 0.15) is 6.33 Å². The van der Waals surface area contributed by atoms with E-state index in [2.05, 4.69) is 20.3 Å². The first-order valence-corrected chi connectivity index (χ1v) is 6.44. The Morgan fingerprint density at radius 2 is 2.00 bits per heavy atom. The van der Waals surface area contributed by atoms with Gasteiger partial charge in [-0.3, -0.25) is 0 Å². The van der Waals surface area contributed by atoms with E-state index in [1.165, 1.54) is 6.33 Å². The maximum absolute atomic E-state index is 12.5. The molecule has 0 unspecified atom stereocenters. The highest BCUT2D eigenvalue weighted by Crippen LogP contribution is 2.32. The zero-order valence-corrected chi connectivity index (χ0v) is 11.1. The highest BCUT2D eigenvalue weighted by Gasteiger charge is 2.36. The Morgan fingerprint density at radius 1 is 1.19 bits per heavy atom. The van der Waals surface area contributed by atoms with Gasteiger partial charge in [-0.1, -0.05) is 23.5 Å². The topological polar surface area (TPSA) is 82.5 Å². The van der Waals surface area contributed by atoms with Crippen LogP contribution in [0.15, 0.2) is 30.6 Å². The molecule has 2 heterocycles. The van der Waals surface area contributed by atoms with Crippen LogP contribution >= 0.6 is 11.3 Å². The van der Waals surface area contributed by atoms with Crippen molar-refractivity contribution in [1.82, 2.24) is 25.0 Å². The number of anilines is 1. The fourth-order valence-electron chi connectivity index (χ4n) is 1.59. The number of rotatable bonds is 2. The molecule has 0 aliphatic heterocycles. The standard InChI is InChI=1S/C11H7F3N6S/c12-11(13,14)9-17-18-10(21-9)20-5-16-8(19-20)6-2-1-3-7(15)4-6/h1-5H,15H2. The van der Waals surface area contributed by atoms with E-state index >= 15 is 0 Å². The summed E-state index contributed by atoms with van der Waals surface area (Å²) in [5.41, 5.74) is 6.86. The number of nitrogen functional groups attached to an aromatic ring is 1. The van der Waals surface area contributed by atoms with E-state index in [1.807, 2.05) is 0 Å². The lowest BCUT2D eigenvalue weighted by Gasteiger charge is -1.97. The van der Waals surface area contributed by atoms with Crippen molar-refractivity contribution < 1.29 is 13.2 Å². The molecule has 0 fully saturated rings. The van der Waals surface area contributed by atoms with Gasteiger partial charge in [0.25, 0.3) is 0 Å². The number of aromatic nitrogens is 5. The summed E-state index contributed by atoms with van der Waals surface area (Å²) in [4.78, 5) is 4.03. The van der Waals surface area contributed by atoms with Crippen LogP contribution in [0.2, 0.25) is 0 Å². The predicted molar refractivity (Wildman–Crippen MR) is 69.7 cm³/mol. The van der Waals surface area contributed by atoms with Crippen LogP contribution in [0, 0.1) is 0 Å². The summed E-state index contributed by atoms with van der Waals surface area (Å²) in [5, 5.41) is 9.60. The van der Waals surface area contributed by atoms with Gasteiger partial charge in [0.05, 0.1) is 0 Å². The van der Waals surface area contributed by atoms with Crippen molar-refractivity contribution in [3.8, 4) is 16.5 Å². The Hall–Kier alpha value is -2.49. The SMILES string of the molecule is Nc1cccc(-c2ncn(-c3nnc(C(F)(F)F)s3)n2)c1. The molecule has 0 amide bonds. The average molecular weight is 312 g/mol. The molecule has 0 atom stereocenters. The Morgan fingerprint density at radius 3 is 2.67 bits per heavy atom. The molecule has 2 aromatic heterocycles. The molecule has 3 rings (SSSR count). The molecule has 0 bridgehead atoms. The van der Waals surface area contributed by atoms with Gasteiger partial charge in [0.15, 0.2) is 5.82 Å². The first kappa shape index (κ1) is 13.5. The molecule has 3 aromatic rings. The second kappa shape index (κ2) is 4.81. The molecular formula is C11H7F3N6S. The lowest BCUT2D eigenvalue weighted by Crippen LogP contribution is -2.03. The quantitative estimate of drug-likeness (QED) is 0.735. The molecule has 10 heteroatoms. The molecule has 0 aliphatic carbocycles. The Bertz CT molecular complexity index is 778. The highest BCUT2D eigenvalue weighted by atomic mass is 32.1. The van der Waals surface area contributed by atoms with Crippen molar-refractivity contribution in [2.75, 3.05) is 5.73 Å². The molecule has 0 saturated carbocycles. The number of nitrogens with zero attached hydrogens (tertiary/aromatic N) is 5. The zero-order valence-electron chi connectivity index (χ0n) is 10.2. The van der Waals surface area contributed by atoms with Crippen LogP contribution in [0.3, 0.4) is 0 Å². The van der Waals surface area contributed by atoms with E-state index in [9.17, 15) is 13.2 Å². The number of benzene rings is 1. The summed E-state index contributed by atoms with van der Waals surface area (Å²) in [6.07, 6.45) is -3.24. The summed E-state index contributed by atoms with van der Waals surface area (Å²) < 4.78 is 38.6. The van der Waals surface area contributed by atoms with E-state index < -0.39 is 11.2 Å². The summed E-state index contributed by atoms with van der Waals surface area (Å²) in [7, 11) is 0. The minimum atomic E-state index is -4.52. The Kier molecular flexibility index (Phi) is 3.09. The molecule has 6 nitrogen and oxygen atoms in total. The second-order valence-electron chi connectivity index (χ2n) is 4.03. The predicted octanol–water partition coefficient (Wildman–Crippen LogP) is 2.39. The van der Waals surface area contributed by atoms with Crippen molar-refractivity contribution in [3.05, 3.63) is 35.6 Å². The van der Waals surface area contributed by atoms with Gasteiger partial charge in [0, 0.05) is 11.3 Å². The molecule has 0 radical (unpaired) electrons. The first-order chi connectivity index (χ1) is 9.93. The van der Waals surface area contributed by atoms with Crippen molar-refractivity contribution >= 4 is 17.0 Å². The maximum atomic E-state index is 12.5. The van der Waals surface area contributed by atoms with Gasteiger partial charge in [-0.05, 0) is 12.1 Å². The maximum Gasteiger partial charge on any atom is 0.445 e. The van der Waals surface area contributed by atoms with E-state index in [4.69, 9.17) is 5.73 Å². The molecule has 108 valence electrons.